The largest absolute Gasteiger partial charge is 0.421 e. The Bertz CT molecular complexity index is 1580. The van der Waals surface area contributed by atoms with Crippen molar-refractivity contribution in [2.75, 3.05) is 10.6 Å². The molecule has 4 aromatic rings. The first-order valence-corrected chi connectivity index (χ1v) is 12.1. The maximum Gasteiger partial charge on any atom is 0.421 e. The highest BCUT2D eigenvalue weighted by Crippen LogP contribution is 2.35. The van der Waals surface area contributed by atoms with Gasteiger partial charge in [-0.05, 0) is 55.3 Å². The molecule has 0 spiro atoms. The summed E-state index contributed by atoms with van der Waals surface area (Å²) in [6.07, 6.45) is -1.28. The van der Waals surface area contributed by atoms with Crippen molar-refractivity contribution in [2.24, 2.45) is 5.73 Å². The molecule has 0 saturated heterocycles. The van der Waals surface area contributed by atoms with E-state index in [-0.39, 0.29) is 35.2 Å². The van der Waals surface area contributed by atoms with Gasteiger partial charge in [0.1, 0.15) is 23.3 Å². The zero-order valence-electron chi connectivity index (χ0n) is 20.2. The van der Waals surface area contributed by atoms with Gasteiger partial charge in [0.2, 0.25) is 5.95 Å². The summed E-state index contributed by atoms with van der Waals surface area (Å²) < 4.78 is 42.7. The molecule has 5 rings (SSSR count). The van der Waals surface area contributed by atoms with Crippen molar-refractivity contribution in [3.63, 3.8) is 0 Å². The average Bonchev–Trinajstić information content (AvgIpc) is 2.90. The third-order valence-electron chi connectivity index (χ3n) is 6.64. The Kier molecular flexibility index (Phi) is 6.73. The molecule has 8 nitrogen and oxygen atoms in total. The normalized spacial score (nSPS) is 17.7. The zero-order valence-corrected chi connectivity index (χ0v) is 20.2. The van der Waals surface area contributed by atoms with Crippen molar-refractivity contribution in [1.82, 2.24) is 14.5 Å². The lowest BCUT2D eigenvalue weighted by Crippen LogP contribution is -2.33. The van der Waals surface area contributed by atoms with Crippen molar-refractivity contribution in [1.29, 1.82) is 5.26 Å². The van der Waals surface area contributed by atoms with E-state index in [2.05, 4.69) is 26.7 Å². The number of aromatic nitrogens is 3. The summed E-state index contributed by atoms with van der Waals surface area (Å²) in [7, 11) is 0. The highest BCUT2D eigenvalue weighted by Gasteiger charge is 2.36. The van der Waals surface area contributed by atoms with Crippen LogP contribution in [0.3, 0.4) is 0 Å². The summed E-state index contributed by atoms with van der Waals surface area (Å²) in [5.41, 5.74) is 5.12. The first kappa shape index (κ1) is 25.2. The van der Waals surface area contributed by atoms with E-state index in [4.69, 9.17) is 5.73 Å². The van der Waals surface area contributed by atoms with Gasteiger partial charge in [0.25, 0.3) is 5.56 Å². The van der Waals surface area contributed by atoms with Crippen molar-refractivity contribution < 1.29 is 13.2 Å². The molecule has 1 aliphatic carbocycles. The molecule has 2 heterocycles. The monoisotopic (exact) mass is 519 g/mol. The number of halogens is 3. The van der Waals surface area contributed by atoms with E-state index in [1.165, 1.54) is 4.57 Å². The van der Waals surface area contributed by atoms with Crippen molar-refractivity contribution in [2.45, 2.75) is 43.9 Å². The van der Waals surface area contributed by atoms with E-state index < -0.39 is 17.3 Å². The van der Waals surface area contributed by atoms with E-state index >= 15 is 0 Å². The second kappa shape index (κ2) is 10.1. The van der Waals surface area contributed by atoms with Gasteiger partial charge >= 0.3 is 6.18 Å². The average molecular weight is 520 g/mol. The van der Waals surface area contributed by atoms with Crippen LogP contribution in [0.15, 0.2) is 65.6 Å². The summed E-state index contributed by atoms with van der Waals surface area (Å²) in [6, 6.07) is 17.1. The molecule has 1 fully saturated rings. The molecule has 4 N–H and O–H groups in total. The number of nitrogens with one attached hydrogen (secondary N) is 2. The molecule has 2 aromatic carbocycles. The molecule has 0 unspecified atom stereocenters. The first-order chi connectivity index (χ1) is 18.2. The molecule has 2 aromatic heterocycles. The fraction of sp³-hybridized carbons (Fsp3) is 0.259. The van der Waals surface area contributed by atoms with E-state index in [0.717, 1.165) is 6.20 Å². The fourth-order valence-corrected chi connectivity index (χ4v) is 4.68. The van der Waals surface area contributed by atoms with Crippen LogP contribution < -0.4 is 21.9 Å². The van der Waals surface area contributed by atoms with Crippen LogP contribution in [0.2, 0.25) is 0 Å². The topological polar surface area (TPSA) is 122 Å². The maximum atomic E-state index is 13.8. The van der Waals surface area contributed by atoms with Gasteiger partial charge in [0.15, 0.2) is 0 Å². The van der Waals surface area contributed by atoms with E-state index in [9.17, 15) is 23.2 Å². The van der Waals surface area contributed by atoms with Gasteiger partial charge in [-0.25, -0.2) is 4.98 Å². The quantitative estimate of drug-likeness (QED) is 0.336. The van der Waals surface area contributed by atoms with E-state index in [0.29, 0.717) is 42.1 Å². The molecule has 38 heavy (non-hydrogen) atoms. The van der Waals surface area contributed by atoms with Crippen LogP contribution in [-0.2, 0) is 6.18 Å². The Morgan fingerprint density at radius 2 is 1.76 bits per heavy atom. The Labute approximate surface area is 216 Å². The first-order valence-electron chi connectivity index (χ1n) is 12.1. The standard InChI is InChI=1S/C27H24F3N7O/c28-27(29,30)21-15-33-26(36-24(21)34-19-11-9-18(32)10-12-19)35-23-13-16-5-1-3-7-20(16)25(38)37(23)22-8-4-2-6-17(22)14-31/h1-8,13,15,18-19H,9-12,32H2,(H2,33,34,35,36). The number of anilines is 3. The van der Waals surface area contributed by atoms with Crippen LogP contribution in [0.25, 0.3) is 16.5 Å². The van der Waals surface area contributed by atoms with E-state index in [1.807, 2.05) is 0 Å². The van der Waals surface area contributed by atoms with Gasteiger partial charge in [-0.3, -0.25) is 9.36 Å². The van der Waals surface area contributed by atoms with Crippen LogP contribution in [0.4, 0.5) is 30.8 Å². The Hall–Kier alpha value is -4.43. The molecule has 11 heteroatoms. The number of hydrogen-bond donors (Lipinski definition) is 3. The molecular formula is C27H24F3N7O. The highest BCUT2D eigenvalue weighted by atomic mass is 19.4. The number of nitrogens with zero attached hydrogens (tertiary/aromatic N) is 4. The van der Waals surface area contributed by atoms with Gasteiger partial charge in [-0.1, -0.05) is 30.3 Å². The number of alkyl halides is 3. The van der Waals surface area contributed by atoms with Crippen LogP contribution in [0.5, 0.6) is 0 Å². The number of pyridine rings is 1. The van der Waals surface area contributed by atoms with E-state index in [1.54, 1.807) is 54.6 Å². The fourth-order valence-electron chi connectivity index (χ4n) is 4.68. The van der Waals surface area contributed by atoms with Gasteiger partial charge < -0.3 is 16.4 Å². The molecule has 0 bridgehead atoms. The predicted octanol–water partition coefficient (Wildman–Crippen LogP) is 5.10. The summed E-state index contributed by atoms with van der Waals surface area (Å²) in [5.74, 6) is -0.279. The minimum atomic E-state index is -4.66. The molecule has 0 radical (unpaired) electrons. The second-order valence-electron chi connectivity index (χ2n) is 9.22. The number of nitriles is 1. The number of rotatable bonds is 5. The van der Waals surface area contributed by atoms with Gasteiger partial charge in [0.05, 0.1) is 11.3 Å². The molecule has 1 saturated carbocycles. The Balaban J connectivity index is 1.61. The predicted molar refractivity (Wildman–Crippen MR) is 138 cm³/mol. The Morgan fingerprint density at radius 1 is 1.05 bits per heavy atom. The number of benzene rings is 2. The molecule has 194 valence electrons. The number of hydrogen-bond acceptors (Lipinski definition) is 7. The lowest BCUT2D eigenvalue weighted by Gasteiger charge is -2.28. The minimum absolute atomic E-state index is 0.0405. The lowest BCUT2D eigenvalue weighted by molar-refractivity contribution is -0.137. The van der Waals surface area contributed by atoms with Crippen molar-refractivity contribution in [3.05, 3.63) is 82.3 Å². The molecule has 0 amide bonds. The maximum absolute atomic E-state index is 13.8. The highest BCUT2D eigenvalue weighted by molar-refractivity contribution is 5.85. The SMILES string of the molecule is N#Cc1ccccc1-n1c(Nc2ncc(C(F)(F)F)c(NC3CCC(N)CC3)n2)cc2ccccc2c1=O. The number of fused-ring (bicyclic) bond motifs is 1. The summed E-state index contributed by atoms with van der Waals surface area (Å²) >= 11 is 0. The smallest absolute Gasteiger partial charge is 0.367 e. The van der Waals surface area contributed by atoms with Gasteiger partial charge in [0, 0.05) is 23.7 Å². The Morgan fingerprint density at radius 3 is 2.50 bits per heavy atom. The number of nitrogens with two attached hydrogens (primary N) is 1. The molecule has 0 atom stereocenters. The molecule has 1 aliphatic rings. The van der Waals surface area contributed by atoms with Gasteiger partial charge in [-0.15, -0.1) is 0 Å². The summed E-state index contributed by atoms with van der Waals surface area (Å²) in [4.78, 5) is 21.6. The molecular weight excluding hydrogens is 495 g/mol. The second-order valence-corrected chi connectivity index (χ2v) is 9.22. The van der Waals surface area contributed by atoms with Crippen LogP contribution in [0.1, 0.15) is 36.8 Å². The summed E-state index contributed by atoms with van der Waals surface area (Å²) in [5, 5.41) is 16.5. The van der Waals surface area contributed by atoms with Crippen molar-refractivity contribution in [3.8, 4) is 11.8 Å². The zero-order chi connectivity index (χ0) is 26.9. The third-order valence-corrected chi connectivity index (χ3v) is 6.64. The minimum Gasteiger partial charge on any atom is -0.367 e. The van der Waals surface area contributed by atoms with Crippen LogP contribution >= 0.6 is 0 Å². The van der Waals surface area contributed by atoms with Crippen LogP contribution in [-0.4, -0.2) is 26.6 Å². The van der Waals surface area contributed by atoms with Gasteiger partial charge in [-0.2, -0.15) is 23.4 Å². The third kappa shape index (κ3) is 5.03. The summed E-state index contributed by atoms with van der Waals surface area (Å²) in [6.45, 7) is 0. The van der Waals surface area contributed by atoms with Crippen LogP contribution in [0, 0.1) is 11.3 Å². The number of para-hydroxylation sites is 1. The molecule has 0 aliphatic heterocycles. The van der Waals surface area contributed by atoms with Crippen molar-refractivity contribution >= 4 is 28.4 Å². The lowest BCUT2D eigenvalue weighted by atomic mass is 9.92.